The number of ether oxygens (including phenoxy) is 2. The van der Waals surface area contributed by atoms with E-state index in [0.717, 1.165) is 28.0 Å². The average Bonchev–Trinajstić information content (AvgIpc) is 3.16. The minimum Gasteiger partial charge on any atom is -0.497 e. The van der Waals surface area contributed by atoms with Crippen LogP contribution in [0.25, 0.3) is 10.2 Å². The number of carbonyl (C=O) groups excluding carboxylic acids is 1. The third-order valence-electron chi connectivity index (χ3n) is 5.32. The molecular weight excluding hydrogens is 452 g/mol. The number of halogens is 1. The number of carbonyl (C=O) groups is 1. The van der Waals surface area contributed by atoms with Crippen LogP contribution in [0.4, 0.5) is 0 Å². The van der Waals surface area contributed by atoms with E-state index in [2.05, 4.69) is 41.9 Å². The second kappa shape index (κ2) is 8.32. The first-order chi connectivity index (χ1) is 14.0. The predicted molar refractivity (Wildman–Crippen MR) is 119 cm³/mol. The van der Waals surface area contributed by atoms with Gasteiger partial charge in [0.1, 0.15) is 11.9 Å². The monoisotopic (exact) mass is 474 g/mol. The maximum Gasteiger partial charge on any atom is 0.274 e. The molecule has 4 rings (SSSR count). The van der Waals surface area contributed by atoms with Gasteiger partial charge in [-0.25, -0.2) is 4.98 Å². The highest BCUT2D eigenvalue weighted by Crippen LogP contribution is 2.34. The Bertz CT molecular complexity index is 1020. The van der Waals surface area contributed by atoms with Crippen molar-refractivity contribution in [3.63, 3.8) is 0 Å². The predicted octanol–water partition coefficient (Wildman–Crippen LogP) is 5.37. The number of aromatic nitrogens is 1. The lowest BCUT2D eigenvalue weighted by molar-refractivity contribution is 0.0594. The van der Waals surface area contributed by atoms with E-state index >= 15 is 0 Å². The fourth-order valence-corrected chi connectivity index (χ4v) is 5.02. The van der Waals surface area contributed by atoms with Crippen molar-refractivity contribution in [3.8, 4) is 10.9 Å². The van der Waals surface area contributed by atoms with Crippen molar-refractivity contribution in [2.75, 3.05) is 20.2 Å². The molecule has 3 aromatic rings. The van der Waals surface area contributed by atoms with Gasteiger partial charge in [0, 0.05) is 30.4 Å². The van der Waals surface area contributed by atoms with Crippen LogP contribution in [0, 0.1) is 13.8 Å². The largest absolute Gasteiger partial charge is 0.497 e. The van der Waals surface area contributed by atoms with Gasteiger partial charge < -0.3 is 14.4 Å². The molecule has 1 aliphatic rings. The molecular formula is C22H23BrN2O3S. The smallest absolute Gasteiger partial charge is 0.274 e. The van der Waals surface area contributed by atoms with E-state index in [1.165, 1.54) is 15.8 Å². The number of thiazole rings is 1. The van der Waals surface area contributed by atoms with Crippen molar-refractivity contribution in [2.24, 2.45) is 0 Å². The molecule has 2 aromatic carbocycles. The Morgan fingerprint density at radius 2 is 1.90 bits per heavy atom. The van der Waals surface area contributed by atoms with Crippen molar-refractivity contribution >= 4 is 43.4 Å². The summed E-state index contributed by atoms with van der Waals surface area (Å²) in [4.78, 5) is 19.5. The number of nitrogens with zero attached hydrogens (tertiary/aromatic N) is 2. The molecule has 29 heavy (non-hydrogen) atoms. The molecule has 0 aliphatic carbocycles. The molecule has 0 unspecified atom stereocenters. The van der Waals surface area contributed by atoms with E-state index in [9.17, 15) is 4.79 Å². The SMILES string of the molecule is COc1ccc(Br)c(C(=O)N2CCC(Oc3nc4c(C)ccc(C)c4s3)CC2)c1. The number of aryl methyl sites for hydroxylation is 2. The third-order valence-corrected chi connectivity index (χ3v) is 7.10. The Labute approximate surface area is 182 Å². The minimum absolute atomic E-state index is 0.0143. The van der Waals surface area contributed by atoms with Crippen molar-refractivity contribution in [2.45, 2.75) is 32.8 Å². The van der Waals surface area contributed by atoms with Crippen LogP contribution < -0.4 is 9.47 Å². The van der Waals surface area contributed by atoms with Gasteiger partial charge in [0.05, 0.1) is 22.9 Å². The Kier molecular flexibility index (Phi) is 5.79. The Balaban J connectivity index is 1.42. The van der Waals surface area contributed by atoms with Crippen molar-refractivity contribution < 1.29 is 14.3 Å². The van der Waals surface area contributed by atoms with Crippen LogP contribution in [0.3, 0.4) is 0 Å². The molecule has 5 nitrogen and oxygen atoms in total. The molecule has 0 spiro atoms. The van der Waals surface area contributed by atoms with Gasteiger partial charge in [0.15, 0.2) is 0 Å². The van der Waals surface area contributed by atoms with E-state index in [1.807, 2.05) is 17.0 Å². The Morgan fingerprint density at radius 3 is 2.59 bits per heavy atom. The summed E-state index contributed by atoms with van der Waals surface area (Å²) in [5.41, 5.74) is 4.05. The van der Waals surface area contributed by atoms with Gasteiger partial charge in [-0.15, -0.1) is 0 Å². The van der Waals surface area contributed by atoms with Crippen molar-refractivity contribution in [1.82, 2.24) is 9.88 Å². The van der Waals surface area contributed by atoms with Gasteiger partial charge >= 0.3 is 0 Å². The van der Waals surface area contributed by atoms with Crippen LogP contribution in [-0.2, 0) is 0 Å². The van der Waals surface area contributed by atoms with Gasteiger partial charge in [-0.1, -0.05) is 23.5 Å². The average molecular weight is 475 g/mol. The molecule has 1 aliphatic heterocycles. The summed E-state index contributed by atoms with van der Waals surface area (Å²) in [5, 5.41) is 0.720. The second-order valence-corrected chi connectivity index (χ2v) is 9.13. The molecule has 1 amide bonds. The number of piperidine rings is 1. The van der Waals surface area contributed by atoms with E-state index < -0.39 is 0 Å². The number of rotatable bonds is 4. The number of amides is 1. The Morgan fingerprint density at radius 1 is 1.17 bits per heavy atom. The number of methoxy groups -OCH3 is 1. The zero-order valence-electron chi connectivity index (χ0n) is 16.7. The summed E-state index contributed by atoms with van der Waals surface area (Å²) in [7, 11) is 1.60. The van der Waals surface area contributed by atoms with Crippen LogP contribution >= 0.6 is 27.3 Å². The highest BCUT2D eigenvalue weighted by Gasteiger charge is 2.27. The fourth-order valence-electron chi connectivity index (χ4n) is 3.57. The number of benzene rings is 2. The molecule has 1 aromatic heterocycles. The zero-order valence-corrected chi connectivity index (χ0v) is 19.1. The van der Waals surface area contributed by atoms with Crippen LogP contribution in [0.1, 0.15) is 34.3 Å². The van der Waals surface area contributed by atoms with Gasteiger partial charge in [0.2, 0.25) is 0 Å². The molecule has 2 heterocycles. The molecule has 0 radical (unpaired) electrons. The lowest BCUT2D eigenvalue weighted by Gasteiger charge is -2.32. The molecule has 7 heteroatoms. The van der Waals surface area contributed by atoms with E-state index in [1.54, 1.807) is 24.5 Å². The fraction of sp³-hybridized carbons (Fsp3) is 0.364. The standard InChI is InChI=1S/C22H23BrN2O3S/c1-13-4-5-14(2)20-19(13)24-22(29-20)28-15-8-10-25(11-9-15)21(26)17-12-16(27-3)6-7-18(17)23/h4-7,12,15H,8-11H2,1-3H3. The molecule has 0 N–H and O–H groups in total. The van der Waals surface area contributed by atoms with Crippen LogP contribution in [0.2, 0.25) is 0 Å². The van der Waals surface area contributed by atoms with Crippen molar-refractivity contribution in [3.05, 3.63) is 51.5 Å². The lowest BCUT2D eigenvalue weighted by Crippen LogP contribution is -2.41. The van der Waals surface area contributed by atoms with Gasteiger partial charge in [0.25, 0.3) is 11.1 Å². The molecule has 0 atom stereocenters. The lowest BCUT2D eigenvalue weighted by atomic mass is 10.1. The van der Waals surface area contributed by atoms with Crippen LogP contribution in [-0.4, -0.2) is 42.1 Å². The van der Waals surface area contributed by atoms with Crippen LogP contribution in [0.15, 0.2) is 34.8 Å². The molecule has 152 valence electrons. The number of fused-ring (bicyclic) bond motifs is 1. The second-order valence-electron chi connectivity index (χ2n) is 7.31. The summed E-state index contributed by atoms with van der Waals surface area (Å²) in [6.07, 6.45) is 1.66. The van der Waals surface area contributed by atoms with E-state index in [0.29, 0.717) is 24.4 Å². The normalized spacial score (nSPS) is 15.0. The minimum atomic E-state index is 0.0143. The maximum atomic E-state index is 12.9. The van der Waals surface area contributed by atoms with E-state index in [4.69, 9.17) is 14.5 Å². The summed E-state index contributed by atoms with van der Waals surface area (Å²) in [6, 6.07) is 9.69. The van der Waals surface area contributed by atoms with Gasteiger partial charge in [-0.05, 0) is 59.1 Å². The first-order valence-electron chi connectivity index (χ1n) is 9.62. The summed E-state index contributed by atoms with van der Waals surface area (Å²) < 4.78 is 13.4. The van der Waals surface area contributed by atoms with Crippen LogP contribution in [0.5, 0.6) is 10.9 Å². The van der Waals surface area contributed by atoms with Crippen molar-refractivity contribution in [1.29, 1.82) is 0 Å². The summed E-state index contributed by atoms with van der Waals surface area (Å²) in [5.74, 6) is 0.691. The highest BCUT2D eigenvalue weighted by atomic mass is 79.9. The summed E-state index contributed by atoms with van der Waals surface area (Å²) in [6.45, 7) is 5.50. The number of likely N-dealkylation sites (tertiary alicyclic amines) is 1. The molecule has 1 fully saturated rings. The number of hydrogen-bond donors (Lipinski definition) is 0. The molecule has 1 saturated heterocycles. The topological polar surface area (TPSA) is 51.7 Å². The Hall–Kier alpha value is -2.12. The quantitative estimate of drug-likeness (QED) is 0.509. The summed E-state index contributed by atoms with van der Waals surface area (Å²) >= 11 is 5.08. The highest BCUT2D eigenvalue weighted by molar-refractivity contribution is 9.10. The third kappa shape index (κ3) is 4.12. The first-order valence-corrected chi connectivity index (χ1v) is 11.2. The number of hydrogen-bond acceptors (Lipinski definition) is 5. The first kappa shape index (κ1) is 20.2. The van der Waals surface area contributed by atoms with Gasteiger partial charge in [-0.3, -0.25) is 4.79 Å². The van der Waals surface area contributed by atoms with Gasteiger partial charge in [-0.2, -0.15) is 0 Å². The van der Waals surface area contributed by atoms with E-state index in [-0.39, 0.29) is 12.0 Å². The zero-order chi connectivity index (χ0) is 20.5. The maximum absolute atomic E-state index is 12.9. The molecule has 0 bridgehead atoms. The molecule has 0 saturated carbocycles.